The molecule has 1 aliphatic rings. The van der Waals surface area contributed by atoms with E-state index in [1.165, 1.54) is 16.3 Å². The minimum Gasteiger partial charge on any atom is -0.304 e. The first-order chi connectivity index (χ1) is 13.4. The van der Waals surface area contributed by atoms with Gasteiger partial charge in [-0.2, -0.15) is 0 Å². The molecule has 0 unspecified atom stereocenters. The molecule has 0 N–H and O–H groups in total. The molecule has 8 heteroatoms. The van der Waals surface area contributed by atoms with Gasteiger partial charge in [0, 0.05) is 43.9 Å². The second kappa shape index (κ2) is 7.70. The summed E-state index contributed by atoms with van der Waals surface area (Å²) in [5, 5.41) is 1.17. The van der Waals surface area contributed by atoms with E-state index < -0.39 is 11.1 Å². The van der Waals surface area contributed by atoms with Gasteiger partial charge in [0.1, 0.15) is 0 Å². The van der Waals surface area contributed by atoms with Gasteiger partial charge >= 0.3 is 11.1 Å². The third-order valence-corrected chi connectivity index (χ3v) is 5.77. The molecule has 6 nitrogen and oxygen atoms in total. The average molecular weight is 419 g/mol. The Morgan fingerprint density at radius 2 is 1.82 bits per heavy atom. The van der Waals surface area contributed by atoms with Gasteiger partial charge in [0.15, 0.2) is 5.65 Å². The second-order valence-electron chi connectivity index (χ2n) is 7.17. The van der Waals surface area contributed by atoms with Crippen LogP contribution in [0.5, 0.6) is 0 Å². The molecule has 1 fully saturated rings. The molecule has 0 bridgehead atoms. The summed E-state index contributed by atoms with van der Waals surface area (Å²) in [4.78, 5) is 31.8. The first-order valence-corrected chi connectivity index (χ1v) is 9.93. The number of pyridine rings is 1. The fourth-order valence-electron chi connectivity index (χ4n) is 3.87. The van der Waals surface area contributed by atoms with Crippen molar-refractivity contribution in [3.63, 3.8) is 0 Å². The van der Waals surface area contributed by atoms with Gasteiger partial charge in [-0.25, -0.2) is 4.98 Å². The quantitative estimate of drug-likeness (QED) is 0.612. The minimum absolute atomic E-state index is 0.0619. The number of halogens is 2. The van der Waals surface area contributed by atoms with Gasteiger partial charge in [0.05, 0.1) is 10.5 Å². The Morgan fingerprint density at radius 1 is 1.07 bits per heavy atom. The van der Waals surface area contributed by atoms with Crippen LogP contribution in [0.25, 0.3) is 11.2 Å². The molecule has 1 aliphatic heterocycles. The van der Waals surface area contributed by atoms with Crippen molar-refractivity contribution < 1.29 is 0 Å². The molecule has 1 aromatic carbocycles. The summed E-state index contributed by atoms with van der Waals surface area (Å²) in [5.74, 6) is 0. The highest BCUT2D eigenvalue weighted by Crippen LogP contribution is 2.25. The molecule has 1 saturated heterocycles. The Labute approximate surface area is 171 Å². The Bertz CT molecular complexity index is 1150. The Kier molecular flexibility index (Phi) is 5.27. The van der Waals surface area contributed by atoms with Gasteiger partial charge in [0.25, 0.3) is 0 Å². The van der Waals surface area contributed by atoms with Crippen molar-refractivity contribution in [1.29, 1.82) is 0 Å². The predicted octanol–water partition coefficient (Wildman–Crippen LogP) is 3.24. The molecule has 2 aromatic heterocycles. The monoisotopic (exact) mass is 418 g/mol. The van der Waals surface area contributed by atoms with Crippen LogP contribution >= 0.6 is 23.2 Å². The van der Waals surface area contributed by atoms with Crippen LogP contribution in [-0.2, 0) is 13.6 Å². The van der Waals surface area contributed by atoms with E-state index in [-0.39, 0.29) is 6.04 Å². The van der Waals surface area contributed by atoms with Gasteiger partial charge in [-0.05, 0) is 36.6 Å². The van der Waals surface area contributed by atoms with E-state index in [9.17, 15) is 9.59 Å². The second-order valence-corrected chi connectivity index (χ2v) is 8.05. The molecule has 28 heavy (non-hydrogen) atoms. The zero-order valence-corrected chi connectivity index (χ0v) is 17.0. The summed E-state index contributed by atoms with van der Waals surface area (Å²) in [6, 6.07) is 9.46. The maximum atomic E-state index is 12.7. The number of likely N-dealkylation sites (tertiary alicyclic amines) is 1. The van der Waals surface area contributed by atoms with E-state index in [1.54, 1.807) is 17.7 Å². The first kappa shape index (κ1) is 19.2. The van der Waals surface area contributed by atoms with Crippen LogP contribution in [-0.4, -0.2) is 32.1 Å². The Morgan fingerprint density at radius 3 is 2.54 bits per heavy atom. The summed E-state index contributed by atoms with van der Waals surface area (Å²) in [7, 11) is 1.57. The zero-order valence-electron chi connectivity index (χ0n) is 15.4. The number of hydrogen-bond donors (Lipinski definition) is 0. The van der Waals surface area contributed by atoms with Crippen molar-refractivity contribution in [2.75, 3.05) is 13.1 Å². The lowest BCUT2D eigenvalue weighted by Gasteiger charge is -2.33. The summed E-state index contributed by atoms with van der Waals surface area (Å²) in [6.45, 7) is 2.47. The van der Waals surface area contributed by atoms with E-state index in [1.807, 2.05) is 18.2 Å². The first-order valence-electron chi connectivity index (χ1n) is 9.17. The predicted molar refractivity (Wildman–Crippen MR) is 111 cm³/mol. The van der Waals surface area contributed by atoms with Gasteiger partial charge in [0.2, 0.25) is 0 Å². The number of piperidine rings is 1. The van der Waals surface area contributed by atoms with E-state index in [0.29, 0.717) is 16.2 Å². The summed E-state index contributed by atoms with van der Waals surface area (Å²) < 4.78 is 2.88. The van der Waals surface area contributed by atoms with Crippen LogP contribution in [0.4, 0.5) is 0 Å². The molecule has 146 valence electrons. The molecule has 0 radical (unpaired) electrons. The SMILES string of the molecule is Cn1c(=O)c(=O)n(C2CCN(Cc3cccc(Cl)c3)CC2)c2ncc(Cl)cc21. The van der Waals surface area contributed by atoms with Crippen molar-refractivity contribution >= 4 is 34.4 Å². The van der Waals surface area contributed by atoms with Crippen molar-refractivity contribution in [2.24, 2.45) is 7.05 Å². The van der Waals surface area contributed by atoms with Crippen molar-refractivity contribution in [3.05, 3.63) is 72.8 Å². The molecule has 4 rings (SSSR count). The molecule has 0 amide bonds. The van der Waals surface area contributed by atoms with Crippen LogP contribution < -0.4 is 11.1 Å². The van der Waals surface area contributed by atoms with Crippen molar-refractivity contribution in [2.45, 2.75) is 25.4 Å². The molecule has 3 aromatic rings. The number of aromatic nitrogens is 3. The smallest absolute Gasteiger partial charge is 0.304 e. The molecule has 0 spiro atoms. The van der Waals surface area contributed by atoms with Crippen LogP contribution in [0, 0.1) is 0 Å². The van der Waals surface area contributed by atoms with Crippen LogP contribution in [0.3, 0.4) is 0 Å². The molecule has 0 aliphatic carbocycles. The number of nitrogens with zero attached hydrogens (tertiary/aromatic N) is 4. The Balaban J connectivity index is 1.61. The van der Waals surface area contributed by atoms with Crippen LogP contribution in [0.1, 0.15) is 24.4 Å². The van der Waals surface area contributed by atoms with Gasteiger partial charge in [-0.3, -0.25) is 19.1 Å². The highest BCUT2D eigenvalue weighted by molar-refractivity contribution is 6.31. The van der Waals surface area contributed by atoms with E-state index in [2.05, 4.69) is 16.0 Å². The third-order valence-electron chi connectivity index (χ3n) is 5.33. The molecule has 0 saturated carbocycles. The lowest BCUT2D eigenvalue weighted by molar-refractivity contribution is 0.179. The van der Waals surface area contributed by atoms with Crippen molar-refractivity contribution in [1.82, 2.24) is 19.0 Å². The standard InChI is InChI=1S/C20H20Cl2N4O2/c1-24-17-10-15(22)11-23-18(17)26(20(28)19(24)27)16-5-7-25(8-6-16)12-13-3-2-4-14(21)9-13/h2-4,9-11,16H,5-8,12H2,1H3. The van der Waals surface area contributed by atoms with Crippen LogP contribution in [0.2, 0.25) is 10.0 Å². The third kappa shape index (κ3) is 3.60. The largest absolute Gasteiger partial charge is 0.318 e. The van der Waals surface area contributed by atoms with Crippen LogP contribution in [0.15, 0.2) is 46.1 Å². The summed E-state index contributed by atoms with van der Waals surface area (Å²) >= 11 is 12.1. The topological polar surface area (TPSA) is 60.1 Å². The lowest BCUT2D eigenvalue weighted by Crippen LogP contribution is -2.45. The average Bonchev–Trinajstić information content (AvgIpc) is 2.68. The summed E-state index contributed by atoms with van der Waals surface area (Å²) in [6.07, 6.45) is 3.05. The molecular formula is C20H20Cl2N4O2. The number of aryl methyl sites for hydroxylation is 1. The zero-order chi connectivity index (χ0) is 19.8. The van der Waals surface area contributed by atoms with E-state index in [4.69, 9.17) is 23.2 Å². The van der Waals surface area contributed by atoms with Gasteiger partial charge in [-0.1, -0.05) is 35.3 Å². The minimum atomic E-state index is -0.557. The normalized spacial score (nSPS) is 16.0. The number of fused-ring (bicyclic) bond motifs is 1. The Hall–Kier alpha value is -2.15. The number of benzene rings is 1. The fourth-order valence-corrected chi connectivity index (χ4v) is 4.24. The number of rotatable bonds is 3. The van der Waals surface area contributed by atoms with Gasteiger partial charge < -0.3 is 4.57 Å². The lowest BCUT2D eigenvalue weighted by atomic mass is 10.0. The van der Waals surface area contributed by atoms with E-state index >= 15 is 0 Å². The maximum Gasteiger partial charge on any atom is 0.318 e. The molecular weight excluding hydrogens is 399 g/mol. The molecule has 0 atom stereocenters. The van der Waals surface area contributed by atoms with Crippen molar-refractivity contribution in [3.8, 4) is 0 Å². The highest BCUT2D eigenvalue weighted by Gasteiger charge is 2.25. The van der Waals surface area contributed by atoms with Gasteiger partial charge in [-0.15, -0.1) is 0 Å². The molecule has 3 heterocycles. The highest BCUT2D eigenvalue weighted by atomic mass is 35.5. The fraction of sp³-hybridized carbons (Fsp3) is 0.350. The summed E-state index contributed by atoms with van der Waals surface area (Å²) in [5.41, 5.74) is 1.15. The number of hydrogen-bond acceptors (Lipinski definition) is 4. The maximum absolute atomic E-state index is 12.7. The van der Waals surface area contributed by atoms with E-state index in [0.717, 1.165) is 37.5 Å².